The van der Waals surface area contributed by atoms with Crippen LogP contribution in [-0.4, -0.2) is 85.1 Å². The predicted molar refractivity (Wildman–Crippen MR) is 158 cm³/mol. The zero-order chi connectivity index (χ0) is 31.0. The first-order valence-electron chi connectivity index (χ1n) is 14.5. The highest BCUT2D eigenvalue weighted by Crippen LogP contribution is 2.39. The number of piperidine rings is 1. The van der Waals surface area contributed by atoms with Gasteiger partial charge >= 0.3 is 6.18 Å². The molecule has 2 fully saturated rings. The summed E-state index contributed by atoms with van der Waals surface area (Å²) in [6.45, 7) is 5.84. The van der Waals surface area contributed by atoms with E-state index < -0.39 is 29.3 Å². The zero-order valence-corrected chi connectivity index (χ0v) is 24.5. The average Bonchev–Trinajstić information content (AvgIpc) is 3.39. The van der Waals surface area contributed by atoms with Crippen LogP contribution in [0.15, 0.2) is 36.5 Å². The van der Waals surface area contributed by atoms with E-state index in [0.717, 1.165) is 39.0 Å². The number of rotatable bonds is 7. The van der Waals surface area contributed by atoms with Crippen molar-refractivity contribution in [2.45, 2.75) is 31.6 Å². The number of carbonyl (C=O) groups is 1. The number of alkyl halides is 3. The van der Waals surface area contributed by atoms with Crippen LogP contribution in [0.5, 0.6) is 5.75 Å². The molecule has 6 rings (SSSR count). The summed E-state index contributed by atoms with van der Waals surface area (Å²) >= 11 is 0. The van der Waals surface area contributed by atoms with Crippen LogP contribution in [-0.2, 0) is 12.7 Å². The smallest absolute Gasteiger partial charge is 0.421 e. The van der Waals surface area contributed by atoms with Gasteiger partial charge in [0.05, 0.1) is 29.7 Å². The first-order valence-corrected chi connectivity index (χ1v) is 14.5. The maximum atomic E-state index is 15.8. The van der Waals surface area contributed by atoms with Crippen molar-refractivity contribution in [3.05, 3.63) is 59.0 Å². The van der Waals surface area contributed by atoms with Gasteiger partial charge in [0.2, 0.25) is 5.95 Å². The Morgan fingerprint density at radius 2 is 1.75 bits per heavy atom. The SMILES string of the molecule is COc1c(Nc2ncc(C(F)(F)F)c(Nc3cccc4c3C(=O)NC4)n2)ccc(N2CCC(N3CCN(C)CC3)CC2)c1F. The molecule has 1 aromatic heterocycles. The van der Waals surface area contributed by atoms with Crippen molar-refractivity contribution in [3.8, 4) is 5.75 Å². The number of methoxy groups -OCH3 is 1. The lowest BCUT2D eigenvalue weighted by molar-refractivity contribution is -0.137. The Bertz CT molecular complexity index is 1540. The maximum absolute atomic E-state index is 15.8. The van der Waals surface area contributed by atoms with Gasteiger partial charge in [-0.2, -0.15) is 18.2 Å². The topological polar surface area (TPSA) is 97.9 Å². The van der Waals surface area contributed by atoms with Gasteiger partial charge in [-0.15, -0.1) is 0 Å². The summed E-state index contributed by atoms with van der Waals surface area (Å²) in [5.74, 6) is -1.84. The van der Waals surface area contributed by atoms with Crippen molar-refractivity contribution in [2.75, 3.05) is 69.0 Å². The Kier molecular flexibility index (Phi) is 8.20. The Labute approximate surface area is 252 Å². The highest BCUT2D eigenvalue weighted by Gasteiger charge is 2.36. The quantitative estimate of drug-likeness (QED) is 0.330. The molecule has 0 saturated carbocycles. The van der Waals surface area contributed by atoms with E-state index in [1.165, 1.54) is 13.2 Å². The van der Waals surface area contributed by atoms with Crippen molar-refractivity contribution in [2.24, 2.45) is 0 Å². The molecular formula is C30H34F4N8O2. The number of hydrogen-bond donors (Lipinski definition) is 3. The Hall–Kier alpha value is -4.17. The van der Waals surface area contributed by atoms with Crippen LogP contribution in [0.2, 0.25) is 0 Å². The molecular weight excluding hydrogens is 580 g/mol. The number of amides is 1. The third kappa shape index (κ3) is 5.95. The van der Waals surface area contributed by atoms with E-state index in [0.29, 0.717) is 36.6 Å². The monoisotopic (exact) mass is 614 g/mol. The van der Waals surface area contributed by atoms with E-state index in [9.17, 15) is 18.0 Å². The average molecular weight is 615 g/mol. The fraction of sp³-hybridized carbons (Fsp3) is 0.433. The molecule has 10 nitrogen and oxygen atoms in total. The van der Waals surface area contributed by atoms with Crippen molar-refractivity contribution < 1.29 is 27.1 Å². The van der Waals surface area contributed by atoms with Crippen molar-refractivity contribution in [3.63, 3.8) is 0 Å². The van der Waals surface area contributed by atoms with Crippen molar-refractivity contribution in [1.29, 1.82) is 0 Å². The van der Waals surface area contributed by atoms with E-state index >= 15 is 4.39 Å². The second-order valence-corrected chi connectivity index (χ2v) is 11.3. The third-order valence-corrected chi connectivity index (χ3v) is 8.55. The molecule has 44 heavy (non-hydrogen) atoms. The molecule has 3 N–H and O–H groups in total. The van der Waals surface area contributed by atoms with E-state index in [-0.39, 0.29) is 35.2 Å². The van der Waals surface area contributed by atoms with Crippen LogP contribution in [0.1, 0.15) is 34.3 Å². The number of ether oxygens (including phenoxy) is 1. The van der Waals surface area contributed by atoms with Crippen LogP contribution in [0.4, 0.5) is 46.4 Å². The zero-order valence-electron chi connectivity index (χ0n) is 24.5. The lowest BCUT2D eigenvalue weighted by Crippen LogP contribution is -2.52. The second kappa shape index (κ2) is 12.1. The molecule has 1 amide bonds. The number of hydrogen-bond acceptors (Lipinski definition) is 9. The summed E-state index contributed by atoms with van der Waals surface area (Å²) in [4.78, 5) is 27.1. The van der Waals surface area contributed by atoms with Gasteiger partial charge < -0.3 is 30.5 Å². The largest absolute Gasteiger partial charge is 0.492 e. The van der Waals surface area contributed by atoms with Gasteiger partial charge in [-0.05, 0) is 43.7 Å². The summed E-state index contributed by atoms with van der Waals surface area (Å²) in [7, 11) is 3.46. The minimum atomic E-state index is -4.77. The summed E-state index contributed by atoms with van der Waals surface area (Å²) in [6.07, 6.45) is -2.28. The first-order chi connectivity index (χ1) is 21.1. The van der Waals surface area contributed by atoms with Crippen LogP contribution in [0, 0.1) is 5.82 Å². The van der Waals surface area contributed by atoms with Crippen LogP contribution in [0.3, 0.4) is 0 Å². The van der Waals surface area contributed by atoms with Crippen LogP contribution < -0.4 is 25.6 Å². The molecule has 4 heterocycles. The molecule has 0 aliphatic carbocycles. The van der Waals surface area contributed by atoms with Gasteiger partial charge in [-0.1, -0.05) is 12.1 Å². The number of fused-ring (bicyclic) bond motifs is 1. The number of nitrogens with one attached hydrogen (secondary N) is 3. The number of likely N-dealkylation sites (N-methyl/N-ethyl adjacent to an activating group) is 1. The Morgan fingerprint density at radius 3 is 2.45 bits per heavy atom. The molecule has 0 spiro atoms. The molecule has 0 unspecified atom stereocenters. The van der Waals surface area contributed by atoms with Crippen LogP contribution in [0.25, 0.3) is 0 Å². The van der Waals surface area contributed by atoms with Gasteiger partial charge in [0.1, 0.15) is 11.4 Å². The number of anilines is 5. The maximum Gasteiger partial charge on any atom is 0.421 e. The summed E-state index contributed by atoms with van der Waals surface area (Å²) in [5.41, 5.74) is 0.526. The number of piperazine rings is 1. The normalized spacial score (nSPS) is 18.2. The van der Waals surface area contributed by atoms with Gasteiger partial charge in [-0.25, -0.2) is 9.37 Å². The molecule has 3 aliphatic rings. The van der Waals surface area contributed by atoms with Gasteiger partial charge in [0.25, 0.3) is 5.91 Å². The predicted octanol–water partition coefficient (Wildman–Crippen LogP) is 4.59. The lowest BCUT2D eigenvalue weighted by atomic mass is 10.0. The summed E-state index contributed by atoms with van der Waals surface area (Å²) < 4.78 is 62.9. The third-order valence-electron chi connectivity index (χ3n) is 8.55. The molecule has 2 aromatic carbocycles. The van der Waals surface area contributed by atoms with Crippen molar-refractivity contribution in [1.82, 2.24) is 25.1 Å². The molecule has 0 bridgehead atoms. The number of aromatic nitrogens is 2. The number of benzene rings is 2. The number of nitrogens with zero attached hydrogens (tertiary/aromatic N) is 5. The summed E-state index contributed by atoms with van der Waals surface area (Å²) in [5, 5.41) is 8.14. The van der Waals surface area contributed by atoms with Crippen LogP contribution >= 0.6 is 0 Å². The number of carbonyl (C=O) groups excluding carboxylic acids is 1. The standard InChI is InChI=1S/C30H34F4N8O2/c1-40-12-14-41(15-13-40)19-8-10-42(11-9-19)23-7-6-22(26(44-2)25(23)31)38-29-36-17-20(30(32,33)34)27(39-29)37-21-5-3-4-18-16-35-28(43)24(18)21/h3-7,17,19H,8-16H2,1-2H3,(H,35,43)(H2,36,37,38,39). The van der Waals surface area contributed by atoms with Gasteiger partial charge in [0, 0.05) is 58.1 Å². The Balaban J connectivity index is 1.22. The highest BCUT2D eigenvalue weighted by molar-refractivity contribution is 6.04. The lowest BCUT2D eigenvalue weighted by Gasteiger charge is -2.42. The first kappa shape index (κ1) is 29.9. The van der Waals surface area contributed by atoms with E-state index in [1.807, 2.05) is 4.90 Å². The fourth-order valence-corrected chi connectivity index (χ4v) is 6.12. The Morgan fingerprint density at radius 1 is 1.00 bits per heavy atom. The molecule has 3 aromatic rings. The number of halogens is 4. The van der Waals surface area contributed by atoms with Crippen molar-refractivity contribution >= 4 is 34.7 Å². The molecule has 2 saturated heterocycles. The second-order valence-electron chi connectivity index (χ2n) is 11.3. The minimum Gasteiger partial charge on any atom is -0.492 e. The van der Waals surface area contributed by atoms with E-state index in [1.54, 1.807) is 24.3 Å². The van der Waals surface area contributed by atoms with Gasteiger partial charge in [0.15, 0.2) is 11.6 Å². The molecule has 234 valence electrons. The molecule has 3 aliphatic heterocycles. The molecule has 14 heteroatoms. The minimum absolute atomic E-state index is 0.0979. The summed E-state index contributed by atoms with van der Waals surface area (Å²) in [6, 6.07) is 8.56. The highest BCUT2D eigenvalue weighted by atomic mass is 19.4. The molecule has 0 atom stereocenters. The van der Waals surface area contributed by atoms with Gasteiger partial charge in [-0.3, -0.25) is 9.69 Å². The molecule has 0 radical (unpaired) electrons. The fourth-order valence-electron chi connectivity index (χ4n) is 6.12. The van der Waals surface area contributed by atoms with E-state index in [4.69, 9.17) is 4.74 Å². The van der Waals surface area contributed by atoms with E-state index in [2.05, 4.69) is 42.8 Å².